The summed E-state index contributed by atoms with van der Waals surface area (Å²) < 4.78 is 3.14. The van der Waals surface area contributed by atoms with E-state index in [4.69, 9.17) is 34.8 Å². The lowest BCUT2D eigenvalue weighted by Gasteiger charge is -2.23. The number of nitrogens with one attached hydrogen (secondary N) is 1. The molecule has 3 nitrogen and oxygen atoms in total. The van der Waals surface area contributed by atoms with Crippen molar-refractivity contribution in [3.63, 3.8) is 0 Å². The average molecular weight is 281 g/mol. The van der Waals surface area contributed by atoms with Crippen molar-refractivity contribution in [1.29, 1.82) is 0 Å². The van der Waals surface area contributed by atoms with Gasteiger partial charge in [0.15, 0.2) is 0 Å². The molecular formula is C7H12Cl3NO2S. The molecule has 1 N–H and O–H groups in total. The Morgan fingerprint density at radius 1 is 1.50 bits per heavy atom. The lowest BCUT2D eigenvalue weighted by molar-refractivity contribution is 0.151. The van der Waals surface area contributed by atoms with E-state index in [0.717, 1.165) is 5.75 Å². The molecule has 0 unspecified atom stereocenters. The van der Waals surface area contributed by atoms with E-state index in [-0.39, 0.29) is 6.61 Å². The van der Waals surface area contributed by atoms with Crippen LogP contribution in [0.2, 0.25) is 0 Å². The van der Waals surface area contributed by atoms with E-state index in [0.29, 0.717) is 0 Å². The molecule has 1 amide bonds. The van der Waals surface area contributed by atoms with E-state index < -0.39 is 15.3 Å². The molecule has 14 heavy (non-hydrogen) atoms. The predicted octanol–water partition coefficient (Wildman–Crippen LogP) is 3.18. The number of carbonyl (C=O) groups excluding carboxylic acids is 1. The highest BCUT2D eigenvalue weighted by molar-refractivity contribution is 8.00. The van der Waals surface area contributed by atoms with Crippen LogP contribution in [0.5, 0.6) is 0 Å². The Morgan fingerprint density at radius 3 is 2.43 bits per heavy atom. The molecule has 0 aromatic rings. The van der Waals surface area contributed by atoms with Crippen molar-refractivity contribution in [2.75, 3.05) is 12.4 Å². The Balaban J connectivity index is 4.16. The second kappa shape index (κ2) is 6.88. The van der Waals surface area contributed by atoms with E-state index in [9.17, 15) is 4.79 Å². The summed E-state index contributed by atoms with van der Waals surface area (Å²) in [4.78, 5) is 11.1. The molecule has 0 bridgehead atoms. The number of alkyl carbamates (subject to hydrolysis) is 1. The van der Waals surface area contributed by atoms with Gasteiger partial charge < -0.3 is 10.1 Å². The molecular weight excluding hydrogens is 269 g/mol. The molecule has 0 aliphatic rings. The minimum absolute atomic E-state index is 0.287. The molecule has 0 aromatic carbocycles. The van der Waals surface area contributed by atoms with Crippen LogP contribution < -0.4 is 5.32 Å². The highest BCUT2D eigenvalue weighted by Gasteiger charge is 2.34. The average Bonchev–Trinajstić information content (AvgIpc) is 2.02. The molecule has 1 atom stereocenters. The molecule has 0 aliphatic heterocycles. The highest BCUT2D eigenvalue weighted by atomic mass is 35.6. The van der Waals surface area contributed by atoms with Gasteiger partial charge in [0.25, 0.3) is 0 Å². The quantitative estimate of drug-likeness (QED) is 0.635. The van der Waals surface area contributed by atoms with Crippen LogP contribution in [-0.4, -0.2) is 27.6 Å². The maximum absolute atomic E-state index is 11.1. The van der Waals surface area contributed by atoms with Gasteiger partial charge in [0.1, 0.15) is 5.37 Å². The number of thioether (sulfide) groups is 1. The van der Waals surface area contributed by atoms with Gasteiger partial charge in [-0.05, 0) is 12.7 Å². The highest BCUT2D eigenvalue weighted by Crippen LogP contribution is 2.35. The number of rotatable bonds is 4. The number of ether oxygens (including phenoxy) is 1. The van der Waals surface area contributed by atoms with E-state index in [1.807, 2.05) is 6.92 Å². The van der Waals surface area contributed by atoms with Gasteiger partial charge in [0.05, 0.1) is 6.61 Å². The monoisotopic (exact) mass is 279 g/mol. The molecule has 0 aliphatic carbocycles. The van der Waals surface area contributed by atoms with Crippen LogP contribution in [0.15, 0.2) is 0 Å². The summed E-state index contributed by atoms with van der Waals surface area (Å²) in [6, 6.07) is 0. The molecule has 0 saturated carbocycles. The molecule has 0 spiro atoms. The normalized spacial score (nSPS) is 13.5. The molecule has 0 rings (SSSR count). The van der Waals surface area contributed by atoms with Crippen molar-refractivity contribution in [2.24, 2.45) is 0 Å². The number of halogens is 3. The molecule has 7 heteroatoms. The maximum atomic E-state index is 11.1. The Bertz CT molecular complexity index is 186. The van der Waals surface area contributed by atoms with Gasteiger partial charge >= 0.3 is 6.09 Å². The Hall–Kier alpha value is 0.490. The zero-order valence-electron chi connectivity index (χ0n) is 7.85. The summed E-state index contributed by atoms with van der Waals surface area (Å²) in [6.07, 6.45) is -0.579. The van der Waals surface area contributed by atoms with Crippen LogP contribution in [0.1, 0.15) is 13.8 Å². The van der Waals surface area contributed by atoms with Crippen LogP contribution >= 0.6 is 46.6 Å². The molecule has 0 aromatic heterocycles. The Labute approximate surface area is 103 Å². The van der Waals surface area contributed by atoms with Gasteiger partial charge in [-0.1, -0.05) is 41.7 Å². The Morgan fingerprint density at radius 2 is 2.07 bits per heavy atom. The third-order valence-electron chi connectivity index (χ3n) is 1.16. The minimum Gasteiger partial charge on any atom is -0.450 e. The largest absolute Gasteiger partial charge is 0.450 e. The lowest BCUT2D eigenvalue weighted by Crippen LogP contribution is -2.41. The minimum atomic E-state index is -1.53. The fourth-order valence-corrected chi connectivity index (χ4v) is 2.10. The van der Waals surface area contributed by atoms with Gasteiger partial charge in [-0.15, -0.1) is 11.8 Å². The van der Waals surface area contributed by atoms with Gasteiger partial charge in [0.2, 0.25) is 3.79 Å². The van der Waals surface area contributed by atoms with Gasteiger partial charge in [-0.25, -0.2) is 4.79 Å². The summed E-state index contributed by atoms with van der Waals surface area (Å²) in [5.74, 6) is 0.727. The summed E-state index contributed by atoms with van der Waals surface area (Å²) in [6.45, 7) is 3.90. The molecule has 0 heterocycles. The third kappa shape index (κ3) is 6.06. The van der Waals surface area contributed by atoms with Gasteiger partial charge in [-0.2, -0.15) is 0 Å². The second-order valence-electron chi connectivity index (χ2n) is 2.24. The zero-order chi connectivity index (χ0) is 11.2. The van der Waals surface area contributed by atoms with Crippen molar-refractivity contribution in [1.82, 2.24) is 5.32 Å². The van der Waals surface area contributed by atoms with Crippen LogP contribution in [0.3, 0.4) is 0 Å². The molecule has 84 valence electrons. The van der Waals surface area contributed by atoms with Crippen molar-refractivity contribution >= 4 is 52.7 Å². The Kier molecular flexibility index (Phi) is 7.12. The van der Waals surface area contributed by atoms with Crippen LogP contribution in [0.25, 0.3) is 0 Å². The van der Waals surface area contributed by atoms with E-state index in [1.54, 1.807) is 6.92 Å². The first kappa shape index (κ1) is 14.5. The summed E-state index contributed by atoms with van der Waals surface area (Å²) in [7, 11) is 0. The SMILES string of the molecule is CCOC(=O)N[C@@H](SCC)C(Cl)(Cl)Cl. The first-order valence-electron chi connectivity index (χ1n) is 4.03. The van der Waals surface area contributed by atoms with Gasteiger partial charge in [-0.3, -0.25) is 0 Å². The van der Waals surface area contributed by atoms with Crippen molar-refractivity contribution < 1.29 is 9.53 Å². The number of hydrogen-bond acceptors (Lipinski definition) is 3. The molecule has 0 fully saturated rings. The molecule has 0 saturated heterocycles. The number of hydrogen-bond donors (Lipinski definition) is 1. The first-order valence-corrected chi connectivity index (χ1v) is 6.21. The van der Waals surface area contributed by atoms with Crippen molar-refractivity contribution in [3.05, 3.63) is 0 Å². The maximum Gasteiger partial charge on any atom is 0.408 e. The van der Waals surface area contributed by atoms with Gasteiger partial charge in [0, 0.05) is 0 Å². The van der Waals surface area contributed by atoms with Crippen molar-refractivity contribution in [2.45, 2.75) is 23.0 Å². The predicted molar refractivity (Wildman–Crippen MR) is 62.4 cm³/mol. The van der Waals surface area contributed by atoms with Crippen LogP contribution in [0.4, 0.5) is 4.79 Å². The second-order valence-corrected chi connectivity index (χ2v) is 5.99. The summed E-state index contributed by atoms with van der Waals surface area (Å²) in [5, 5.41) is 1.86. The summed E-state index contributed by atoms with van der Waals surface area (Å²) in [5.41, 5.74) is 0. The zero-order valence-corrected chi connectivity index (χ0v) is 10.9. The van der Waals surface area contributed by atoms with Crippen LogP contribution in [0, 0.1) is 0 Å². The van der Waals surface area contributed by atoms with Crippen molar-refractivity contribution in [3.8, 4) is 0 Å². The standard InChI is InChI=1S/C7H12Cl3NO2S/c1-3-13-6(12)11-5(14-4-2)7(8,9)10/h5H,3-4H2,1-2H3,(H,11,12)/t5-/m0/s1. The third-order valence-corrected chi connectivity index (χ3v) is 3.34. The number of amides is 1. The fourth-order valence-electron chi connectivity index (χ4n) is 0.664. The fraction of sp³-hybridized carbons (Fsp3) is 0.857. The first-order chi connectivity index (χ1) is 6.41. The van der Waals surface area contributed by atoms with Crippen LogP contribution in [-0.2, 0) is 4.74 Å². The lowest BCUT2D eigenvalue weighted by atomic mass is 10.7. The number of alkyl halides is 3. The smallest absolute Gasteiger partial charge is 0.408 e. The molecule has 0 radical (unpaired) electrons. The topological polar surface area (TPSA) is 38.3 Å². The summed E-state index contributed by atoms with van der Waals surface area (Å²) >= 11 is 18.3. The van der Waals surface area contributed by atoms with E-state index in [1.165, 1.54) is 11.8 Å². The van der Waals surface area contributed by atoms with E-state index >= 15 is 0 Å². The van der Waals surface area contributed by atoms with E-state index in [2.05, 4.69) is 10.1 Å². The number of carbonyl (C=O) groups is 1.